The molecule has 0 unspecified atom stereocenters. The number of fused-ring (bicyclic) bond motifs is 2. The quantitative estimate of drug-likeness (QED) is 0.809. The van der Waals surface area contributed by atoms with Crippen LogP contribution < -0.4 is 0 Å². The Labute approximate surface area is 142 Å². The van der Waals surface area contributed by atoms with Crippen LogP contribution >= 0.6 is 0 Å². The summed E-state index contributed by atoms with van der Waals surface area (Å²) in [5, 5.41) is 10.3. The Kier molecular flexibility index (Phi) is 5.11. The summed E-state index contributed by atoms with van der Waals surface area (Å²) < 4.78 is 6.27. The van der Waals surface area contributed by atoms with E-state index in [0.717, 1.165) is 37.9 Å². The van der Waals surface area contributed by atoms with E-state index in [-0.39, 0.29) is 6.10 Å². The lowest BCUT2D eigenvalue weighted by atomic mass is 9.70. The van der Waals surface area contributed by atoms with E-state index < -0.39 is 0 Å². The van der Waals surface area contributed by atoms with Gasteiger partial charge in [-0.15, -0.1) is 0 Å². The molecule has 3 rings (SSSR count). The number of rotatable bonds is 6. The van der Waals surface area contributed by atoms with E-state index in [0.29, 0.717) is 23.5 Å². The molecule has 3 heteroatoms. The molecule has 0 aromatic heterocycles. The van der Waals surface area contributed by atoms with Gasteiger partial charge in [-0.1, -0.05) is 27.7 Å². The fourth-order valence-corrected chi connectivity index (χ4v) is 5.36. The highest BCUT2D eigenvalue weighted by Gasteiger charge is 2.61. The van der Waals surface area contributed by atoms with Crippen LogP contribution in [0, 0.1) is 22.7 Å². The second-order valence-electron chi connectivity index (χ2n) is 9.40. The number of ether oxygens (including phenoxy) is 1. The zero-order valence-corrected chi connectivity index (χ0v) is 15.7. The lowest BCUT2D eigenvalue weighted by molar-refractivity contribution is -0.0568. The second kappa shape index (κ2) is 6.65. The Morgan fingerprint density at radius 2 is 1.87 bits per heavy atom. The normalized spacial score (nSPS) is 39.0. The molecule has 2 saturated carbocycles. The van der Waals surface area contributed by atoms with Crippen LogP contribution in [0.4, 0.5) is 0 Å². The minimum absolute atomic E-state index is 0.234. The van der Waals surface area contributed by atoms with Crippen molar-refractivity contribution in [1.29, 1.82) is 0 Å². The number of hydrogen-bond donors (Lipinski definition) is 1. The van der Waals surface area contributed by atoms with Gasteiger partial charge >= 0.3 is 0 Å². The largest absolute Gasteiger partial charge is 0.392 e. The Morgan fingerprint density at radius 3 is 2.43 bits per heavy atom. The molecular formula is C20H37NO2. The maximum atomic E-state index is 10.3. The van der Waals surface area contributed by atoms with Gasteiger partial charge in [-0.25, -0.2) is 0 Å². The van der Waals surface area contributed by atoms with Gasteiger partial charge in [0.1, 0.15) is 0 Å². The standard InChI is InChI=1S/C20H37NO2/c1-15-6-10-21(11-7-15)14-17(22)8-12-23-18-13-16-5-9-20(18,4)19(16,2)3/h15-18,22H,5-14H2,1-4H3/t16-,17-,18-,20-/m1/s1. The molecule has 0 aromatic carbocycles. The zero-order chi connectivity index (χ0) is 16.7. The summed E-state index contributed by atoms with van der Waals surface area (Å²) >= 11 is 0. The predicted octanol–water partition coefficient (Wildman–Crippen LogP) is 3.70. The van der Waals surface area contributed by atoms with Crippen LogP contribution in [-0.4, -0.2) is 48.5 Å². The van der Waals surface area contributed by atoms with Gasteiger partial charge in [0.2, 0.25) is 0 Å². The van der Waals surface area contributed by atoms with E-state index >= 15 is 0 Å². The molecule has 3 nitrogen and oxygen atoms in total. The van der Waals surface area contributed by atoms with Gasteiger partial charge < -0.3 is 14.7 Å². The third-order valence-electron chi connectivity index (χ3n) is 7.83. The van der Waals surface area contributed by atoms with Crippen molar-refractivity contribution in [3.05, 3.63) is 0 Å². The molecule has 1 aliphatic heterocycles. The van der Waals surface area contributed by atoms with Crippen molar-refractivity contribution >= 4 is 0 Å². The van der Waals surface area contributed by atoms with Crippen LogP contribution in [0.25, 0.3) is 0 Å². The summed E-state index contributed by atoms with van der Waals surface area (Å²) in [7, 11) is 0. The van der Waals surface area contributed by atoms with Crippen molar-refractivity contribution in [3.8, 4) is 0 Å². The summed E-state index contributed by atoms with van der Waals surface area (Å²) in [5.41, 5.74) is 0.756. The average Bonchev–Trinajstić information content (AvgIpc) is 2.83. The summed E-state index contributed by atoms with van der Waals surface area (Å²) in [4.78, 5) is 2.42. The molecular weight excluding hydrogens is 286 g/mol. The highest BCUT2D eigenvalue weighted by atomic mass is 16.5. The monoisotopic (exact) mass is 323 g/mol. The first-order valence-corrected chi connectivity index (χ1v) is 9.85. The molecule has 23 heavy (non-hydrogen) atoms. The maximum Gasteiger partial charge on any atom is 0.0689 e. The van der Waals surface area contributed by atoms with Crippen molar-refractivity contribution in [2.45, 2.75) is 78.4 Å². The first-order chi connectivity index (χ1) is 10.8. The number of nitrogens with zero attached hydrogens (tertiary/aromatic N) is 1. The van der Waals surface area contributed by atoms with Crippen LogP contribution in [0.5, 0.6) is 0 Å². The van der Waals surface area contributed by atoms with Crippen LogP contribution in [0.2, 0.25) is 0 Å². The van der Waals surface area contributed by atoms with E-state index in [2.05, 4.69) is 32.6 Å². The number of β-amino-alcohol motifs (C(OH)–C–C–N with tert-alkyl or cyclic N) is 1. The van der Waals surface area contributed by atoms with E-state index in [1.807, 2.05) is 0 Å². The molecule has 4 atom stereocenters. The Morgan fingerprint density at radius 1 is 1.17 bits per heavy atom. The number of aliphatic hydroxyl groups excluding tert-OH is 1. The molecule has 134 valence electrons. The summed E-state index contributed by atoms with van der Waals surface area (Å²) in [5.74, 6) is 1.69. The molecule has 0 radical (unpaired) electrons. The third kappa shape index (κ3) is 3.34. The highest BCUT2D eigenvalue weighted by Crippen LogP contribution is 2.66. The fourth-order valence-electron chi connectivity index (χ4n) is 5.36. The number of hydrogen-bond acceptors (Lipinski definition) is 3. The van der Waals surface area contributed by atoms with E-state index in [9.17, 15) is 5.11 Å². The Bertz CT molecular complexity index is 402. The van der Waals surface area contributed by atoms with Crippen molar-refractivity contribution in [2.24, 2.45) is 22.7 Å². The zero-order valence-electron chi connectivity index (χ0n) is 15.7. The van der Waals surface area contributed by atoms with Crippen LogP contribution in [0.1, 0.15) is 66.2 Å². The topological polar surface area (TPSA) is 32.7 Å². The lowest BCUT2D eigenvalue weighted by Crippen LogP contribution is -2.40. The number of piperidine rings is 1. The van der Waals surface area contributed by atoms with Gasteiger partial charge in [-0.3, -0.25) is 0 Å². The highest BCUT2D eigenvalue weighted by molar-refractivity contribution is 5.11. The third-order valence-corrected chi connectivity index (χ3v) is 7.83. The predicted molar refractivity (Wildman–Crippen MR) is 94.4 cm³/mol. The van der Waals surface area contributed by atoms with Gasteiger partial charge in [0, 0.05) is 13.2 Å². The second-order valence-corrected chi connectivity index (χ2v) is 9.40. The maximum absolute atomic E-state index is 10.3. The molecule has 2 bridgehead atoms. The molecule has 0 aromatic rings. The molecule has 1 heterocycles. The Hall–Kier alpha value is -0.120. The lowest BCUT2D eigenvalue weighted by Gasteiger charge is -2.39. The first kappa shape index (κ1) is 17.7. The minimum atomic E-state index is -0.234. The van der Waals surface area contributed by atoms with Crippen molar-refractivity contribution in [1.82, 2.24) is 4.90 Å². The number of likely N-dealkylation sites (tertiary alicyclic amines) is 1. The SMILES string of the molecule is CC1CCN(C[C@H](O)CCO[C@@H]2C[C@H]3CC[C@@]2(C)C3(C)C)CC1. The van der Waals surface area contributed by atoms with Crippen molar-refractivity contribution < 1.29 is 9.84 Å². The van der Waals surface area contributed by atoms with Gasteiger partial charge in [-0.05, 0) is 74.3 Å². The molecule has 1 saturated heterocycles. The molecule has 0 amide bonds. The van der Waals surface area contributed by atoms with E-state index in [4.69, 9.17) is 4.74 Å². The summed E-state index contributed by atoms with van der Waals surface area (Å²) in [6.07, 6.45) is 7.42. The smallest absolute Gasteiger partial charge is 0.0689 e. The molecule has 1 N–H and O–H groups in total. The molecule has 3 aliphatic rings. The van der Waals surface area contributed by atoms with Crippen LogP contribution in [0.15, 0.2) is 0 Å². The van der Waals surface area contributed by atoms with E-state index in [1.54, 1.807) is 0 Å². The van der Waals surface area contributed by atoms with Crippen molar-refractivity contribution in [3.63, 3.8) is 0 Å². The molecule has 0 spiro atoms. The van der Waals surface area contributed by atoms with Crippen molar-refractivity contribution in [2.75, 3.05) is 26.2 Å². The molecule has 3 fully saturated rings. The van der Waals surface area contributed by atoms with Gasteiger partial charge in [0.25, 0.3) is 0 Å². The molecule has 2 aliphatic carbocycles. The van der Waals surface area contributed by atoms with Gasteiger partial charge in [-0.2, -0.15) is 0 Å². The number of aliphatic hydroxyl groups is 1. The minimum Gasteiger partial charge on any atom is -0.392 e. The van der Waals surface area contributed by atoms with Gasteiger partial charge in [0.05, 0.1) is 12.2 Å². The van der Waals surface area contributed by atoms with E-state index in [1.165, 1.54) is 32.1 Å². The average molecular weight is 324 g/mol. The van der Waals surface area contributed by atoms with Crippen LogP contribution in [-0.2, 0) is 4.74 Å². The fraction of sp³-hybridized carbons (Fsp3) is 1.00. The van der Waals surface area contributed by atoms with Gasteiger partial charge in [0.15, 0.2) is 0 Å². The summed E-state index contributed by atoms with van der Waals surface area (Å²) in [6.45, 7) is 13.5. The summed E-state index contributed by atoms with van der Waals surface area (Å²) in [6, 6.07) is 0. The Balaban J connectivity index is 1.39. The van der Waals surface area contributed by atoms with Crippen LogP contribution in [0.3, 0.4) is 0 Å². The first-order valence-electron chi connectivity index (χ1n) is 9.85.